The minimum Gasteiger partial charge on any atom is -0.478 e. The van der Waals surface area contributed by atoms with E-state index in [9.17, 15) is 9.59 Å². The Labute approximate surface area is 106 Å². The molecule has 1 amide bonds. The Hall–Kier alpha value is -1.85. The van der Waals surface area contributed by atoms with Crippen LogP contribution in [0.1, 0.15) is 41.5 Å². The van der Waals surface area contributed by atoms with Crippen LogP contribution in [-0.4, -0.2) is 33.3 Å². The van der Waals surface area contributed by atoms with Crippen LogP contribution in [0.4, 0.5) is 0 Å². The van der Waals surface area contributed by atoms with Crippen LogP contribution < -0.4 is 5.32 Å². The maximum Gasteiger partial charge on any atom is 0.339 e. The average Bonchev–Trinajstić information content (AvgIpc) is 2.54. The van der Waals surface area contributed by atoms with E-state index in [0.717, 1.165) is 12.8 Å². The number of carboxylic acids is 1. The first-order valence-corrected chi connectivity index (χ1v) is 6.01. The highest BCUT2D eigenvalue weighted by Gasteiger charge is 2.18. The number of hydrogen-bond donors (Lipinski definition) is 2. The predicted molar refractivity (Wildman–Crippen MR) is 66.6 cm³/mol. The summed E-state index contributed by atoms with van der Waals surface area (Å²) < 4.78 is 1.43. The fraction of sp³-hybridized carbons (Fsp3) is 0.583. The van der Waals surface area contributed by atoms with Crippen LogP contribution in [0.3, 0.4) is 0 Å². The van der Waals surface area contributed by atoms with Crippen molar-refractivity contribution in [1.82, 2.24) is 15.1 Å². The zero-order valence-corrected chi connectivity index (χ0v) is 11.0. The lowest BCUT2D eigenvalue weighted by Gasteiger charge is -2.06. The lowest BCUT2D eigenvalue weighted by Crippen LogP contribution is -2.29. The van der Waals surface area contributed by atoms with Gasteiger partial charge < -0.3 is 10.4 Å². The van der Waals surface area contributed by atoms with E-state index >= 15 is 0 Å². The van der Waals surface area contributed by atoms with Crippen molar-refractivity contribution in [3.8, 4) is 0 Å². The minimum absolute atomic E-state index is 0.0592. The minimum atomic E-state index is -1.01. The number of aromatic carboxylic acids is 1. The van der Waals surface area contributed by atoms with Crippen LogP contribution in [0, 0.1) is 13.8 Å². The second kappa shape index (κ2) is 6.18. The molecule has 0 bridgehead atoms. The summed E-state index contributed by atoms with van der Waals surface area (Å²) in [5.74, 6) is -1.16. The van der Waals surface area contributed by atoms with E-state index in [1.54, 1.807) is 13.8 Å². The highest BCUT2D eigenvalue weighted by Crippen LogP contribution is 2.12. The Bertz CT molecular complexity index is 452. The normalized spacial score (nSPS) is 10.4. The van der Waals surface area contributed by atoms with Crippen molar-refractivity contribution in [1.29, 1.82) is 0 Å². The van der Waals surface area contributed by atoms with Gasteiger partial charge in [0.25, 0.3) is 0 Å². The molecule has 0 radical (unpaired) electrons. The van der Waals surface area contributed by atoms with Crippen LogP contribution in [0.15, 0.2) is 0 Å². The third kappa shape index (κ3) is 3.32. The summed E-state index contributed by atoms with van der Waals surface area (Å²) in [6, 6.07) is 0. The second-order valence-electron chi connectivity index (χ2n) is 4.21. The molecule has 0 spiro atoms. The second-order valence-corrected chi connectivity index (χ2v) is 4.21. The Balaban J connectivity index is 2.71. The molecule has 0 atom stereocenters. The van der Waals surface area contributed by atoms with Gasteiger partial charge in [0.15, 0.2) is 0 Å². The Morgan fingerprint density at radius 3 is 2.56 bits per heavy atom. The molecule has 0 saturated heterocycles. The lowest BCUT2D eigenvalue weighted by molar-refractivity contribution is -0.121. The van der Waals surface area contributed by atoms with Crippen molar-refractivity contribution >= 4 is 11.9 Å². The van der Waals surface area contributed by atoms with E-state index in [4.69, 9.17) is 5.11 Å². The van der Waals surface area contributed by atoms with Gasteiger partial charge in [0.1, 0.15) is 12.1 Å². The van der Waals surface area contributed by atoms with Gasteiger partial charge in [-0.1, -0.05) is 13.3 Å². The van der Waals surface area contributed by atoms with E-state index in [1.165, 1.54) is 4.68 Å². The monoisotopic (exact) mass is 253 g/mol. The van der Waals surface area contributed by atoms with E-state index in [2.05, 4.69) is 10.4 Å². The standard InChI is InChI=1S/C12H19N3O3/c1-4-5-6-13-10(16)7-15-9(3)11(12(17)18)8(2)14-15/h4-7H2,1-3H3,(H,13,16)(H,17,18). The van der Waals surface area contributed by atoms with E-state index < -0.39 is 5.97 Å². The molecule has 2 N–H and O–H groups in total. The topological polar surface area (TPSA) is 84.2 Å². The van der Waals surface area contributed by atoms with E-state index in [0.29, 0.717) is 17.9 Å². The maximum atomic E-state index is 11.6. The SMILES string of the molecule is CCCCNC(=O)Cn1nc(C)c(C(=O)O)c1C. The summed E-state index contributed by atoms with van der Waals surface area (Å²) in [5.41, 5.74) is 1.11. The third-order valence-electron chi connectivity index (χ3n) is 2.74. The number of carbonyl (C=O) groups excluding carboxylic acids is 1. The van der Waals surface area contributed by atoms with Crippen molar-refractivity contribution in [2.75, 3.05) is 6.54 Å². The average molecular weight is 253 g/mol. The van der Waals surface area contributed by atoms with Gasteiger partial charge in [0, 0.05) is 6.54 Å². The summed E-state index contributed by atoms with van der Waals surface area (Å²) in [6.07, 6.45) is 1.95. The summed E-state index contributed by atoms with van der Waals surface area (Å²) in [4.78, 5) is 22.6. The quantitative estimate of drug-likeness (QED) is 0.744. The number of rotatable bonds is 6. The van der Waals surface area contributed by atoms with Gasteiger partial charge >= 0.3 is 5.97 Å². The zero-order valence-electron chi connectivity index (χ0n) is 11.0. The molecular weight excluding hydrogens is 234 g/mol. The van der Waals surface area contributed by atoms with Gasteiger partial charge in [0.2, 0.25) is 5.91 Å². The van der Waals surface area contributed by atoms with Crippen molar-refractivity contribution in [3.05, 3.63) is 17.0 Å². The Morgan fingerprint density at radius 2 is 2.06 bits per heavy atom. The first kappa shape index (κ1) is 14.2. The maximum absolute atomic E-state index is 11.6. The highest BCUT2D eigenvalue weighted by molar-refractivity contribution is 5.90. The largest absolute Gasteiger partial charge is 0.478 e. The molecule has 1 rings (SSSR count). The molecule has 0 aliphatic carbocycles. The number of nitrogens with one attached hydrogen (secondary N) is 1. The van der Waals surface area contributed by atoms with E-state index in [1.807, 2.05) is 6.92 Å². The summed E-state index contributed by atoms with van der Waals surface area (Å²) in [7, 11) is 0. The molecule has 0 unspecified atom stereocenters. The molecule has 0 aromatic carbocycles. The number of unbranched alkanes of at least 4 members (excludes halogenated alkanes) is 1. The van der Waals surface area contributed by atoms with Crippen LogP contribution in [-0.2, 0) is 11.3 Å². The molecule has 0 aliphatic rings. The van der Waals surface area contributed by atoms with Gasteiger partial charge in [-0.25, -0.2) is 4.79 Å². The smallest absolute Gasteiger partial charge is 0.339 e. The van der Waals surface area contributed by atoms with Crippen LogP contribution in [0.25, 0.3) is 0 Å². The number of carboxylic acid groups (broad SMARTS) is 1. The third-order valence-corrected chi connectivity index (χ3v) is 2.74. The Morgan fingerprint density at radius 1 is 1.39 bits per heavy atom. The first-order valence-electron chi connectivity index (χ1n) is 6.01. The lowest BCUT2D eigenvalue weighted by atomic mass is 10.2. The predicted octanol–water partition coefficient (Wildman–Crippen LogP) is 1.11. The number of carbonyl (C=O) groups is 2. The molecular formula is C12H19N3O3. The fourth-order valence-electron chi connectivity index (χ4n) is 1.76. The summed E-state index contributed by atoms with van der Waals surface area (Å²) in [6.45, 7) is 6.03. The molecule has 18 heavy (non-hydrogen) atoms. The highest BCUT2D eigenvalue weighted by atomic mass is 16.4. The van der Waals surface area contributed by atoms with Crippen LogP contribution >= 0.6 is 0 Å². The van der Waals surface area contributed by atoms with Gasteiger partial charge in [-0.3, -0.25) is 9.48 Å². The number of aromatic nitrogens is 2. The number of amides is 1. The van der Waals surface area contributed by atoms with Crippen molar-refractivity contribution in [3.63, 3.8) is 0 Å². The van der Waals surface area contributed by atoms with E-state index in [-0.39, 0.29) is 18.0 Å². The van der Waals surface area contributed by atoms with Crippen molar-refractivity contribution in [2.24, 2.45) is 0 Å². The van der Waals surface area contributed by atoms with Gasteiger partial charge in [0.05, 0.1) is 11.4 Å². The molecule has 0 aliphatic heterocycles. The molecule has 100 valence electrons. The number of nitrogens with zero attached hydrogens (tertiary/aromatic N) is 2. The van der Waals surface area contributed by atoms with Crippen LogP contribution in [0.5, 0.6) is 0 Å². The molecule has 1 aromatic heterocycles. The van der Waals surface area contributed by atoms with Gasteiger partial charge in [-0.2, -0.15) is 5.10 Å². The molecule has 6 heteroatoms. The molecule has 0 fully saturated rings. The van der Waals surface area contributed by atoms with Crippen LogP contribution in [0.2, 0.25) is 0 Å². The van der Waals surface area contributed by atoms with Gasteiger partial charge in [-0.15, -0.1) is 0 Å². The molecule has 0 saturated carbocycles. The summed E-state index contributed by atoms with van der Waals surface area (Å²) in [5, 5.41) is 15.9. The van der Waals surface area contributed by atoms with Crippen molar-refractivity contribution in [2.45, 2.75) is 40.2 Å². The summed E-state index contributed by atoms with van der Waals surface area (Å²) >= 11 is 0. The molecule has 1 aromatic rings. The first-order chi connectivity index (χ1) is 8.47. The number of aryl methyl sites for hydroxylation is 1. The van der Waals surface area contributed by atoms with Gasteiger partial charge in [-0.05, 0) is 20.3 Å². The van der Waals surface area contributed by atoms with Crippen molar-refractivity contribution < 1.29 is 14.7 Å². The molecule has 6 nitrogen and oxygen atoms in total. The molecule has 1 heterocycles. The zero-order chi connectivity index (χ0) is 13.7. The fourth-order valence-corrected chi connectivity index (χ4v) is 1.76. The Kier molecular flexibility index (Phi) is 4.88. The number of hydrogen-bond acceptors (Lipinski definition) is 3.